The van der Waals surface area contributed by atoms with Crippen LogP contribution in [0.1, 0.15) is 51.0 Å². The van der Waals surface area contributed by atoms with E-state index in [1.165, 1.54) is 24.8 Å². The van der Waals surface area contributed by atoms with Gasteiger partial charge in [0.15, 0.2) is 6.10 Å². The molecule has 1 aromatic rings. The van der Waals surface area contributed by atoms with Crippen molar-refractivity contribution in [1.29, 1.82) is 0 Å². The molecule has 19 heavy (non-hydrogen) atoms. The van der Waals surface area contributed by atoms with Crippen molar-refractivity contribution in [1.82, 2.24) is 0 Å². The van der Waals surface area contributed by atoms with Crippen LogP contribution >= 0.6 is 0 Å². The SMILES string of the molecule is CCCCC#CC1CCC/C(=C\c2ccccc2)O1. The van der Waals surface area contributed by atoms with Crippen molar-refractivity contribution in [3.8, 4) is 11.8 Å². The molecule has 100 valence electrons. The first-order valence-corrected chi connectivity index (χ1v) is 7.29. The molecule has 1 nitrogen and oxygen atoms in total. The van der Waals surface area contributed by atoms with E-state index in [2.05, 4.69) is 49.1 Å². The molecule has 1 aromatic carbocycles. The van der Waals surface area contributed by atoms with Gasteiger partial charge in [0.1, 0.15) is 0 Å². The number of hydrogen-bond donors (Lipinski definition) is 0. The van der Waals surface area contributed by atoms with Gasteiger partial charge in [0.05, 0.1) is 5.76 Å². The largest absolute Gasteiger partial charge is 0.482 e. The molecule has 1 aliphatic heterocycles. The number of rotatable bonds is 3. The average Bonchev–Trinajstić information content (AvgIpc) is 2.45. The first kappa shape index (κ1) is 13.7. The molecule has 0 spiro atoms. The summed E-state index contributed by atoms with van der Waals surface area (Å²) in [7, 11) is 0. The van der Waals surface area contributed by atoms with Crippen LogP contribution in [0.2, 0.25) is 0 Å². The lowest BCUT2D eigenvalue weighted by Gasteiger charge is -2.22. The highest BCUT2D eigenvalue weighted by Crippen LogP contribution is 2.23. The molecule has 0 saturated carbocycles. The number of hydrogen-bond acceptors (Lipinski definition) is 1. The molecule has 2 rings (SSSR count). The Kier molecular flexibility index (Phi) is 5.56. The number of unbranched alkanes of at least 4 members (excludes halogenated alkanes) is 2. The highest BCUT2D eigenvalue weighted by atomic mass is 16.5. The van der Waals surface area contributed by atoms with Crippen LogP contribution < -0.4 is 0 Å². The third kappa shape index (κ3) is 4.83. The molecule has 0 bridgehead atoms. The fourth-order valence-corrected chi connectivity index (χ4v) is 2.16. The molecule has 0 aliphatic carbocycles. The van der Waals surface area contributed by atoms with Gasteiger partial charge < -0.3 is 4.74 Å². The maximum Gasteiger partial charge on any atom is 0.158 e. The number of benzene rings is 1. The molecule has 1 heterocycles. The van der Waals surface area contributed by atoms with Crippen molar-refractivity contribution >= 4 is 6.08 Å². The van der Waals surface area contributed by atoms with E-state index in [4.69, 9.17) is 4.74 Å². The lowest BCUT2D eigenvalue weighted by Crippen LogP contribution is -2.15. The second-order valence-corrected chi connectivity index (χ2v) is 4.94. The van der Waals surface area contributed by atoms with Gasteiger partial charge in [0.25, 0.3) is 0 Å². The van der Waals surface area contributed by atoms with Gasteiger partial charge >= 0.3 is 0 Å². The third-order valence-corrected chi connectivity index (χ3v) is 3.23. The van der Waals surface area contributed by atoms with Crippen LogP contribution in [-0.4, -0.2) is 6.10 Å². The molecule has 1 heteroatoms. The van der Waals surface area contributed by atoms with Gasteiger partial charge in [-0.1, -0.05) is 55.5 Å². The monoisotopic (exact) mass is 254 g/mol. The van der Waals surface area contributed by atoms with Crippen LogP contribution in [-0.2, 0) is 4.74 Å². The summed E-state index contributed by atoms with van der Waals surface area (Å²) < 4.78 is 5.96. The lowest BCUT2D eigenvalue weighted by molar-refractivity contribution is 0.118. The van der Waals surface area contributed by atoms with E-state index in [9.17, 15) is 0 Å². The third-order valence-electron chi connectivity index (χ3n) is 3.23. The molecular weight excluding hydrogens is 232 g/mol. The van der Waals surface area contributed by atoms with Crippen molar-refractivity contribution in [3.05, 3.63) is 41.7 Å². The highest BCUT2D eigenvalue weighted by Gasteiger charge is 2.15. The Morgan fingerprint density at radius 1 is 1.32 bits per heavy atom. The second kappa shape index (κ2) is 7.69. The zero-order valence-electron chi connectivity index (χ0n) is 11.7. The van der Waals surface area contributed by atoms with Gasteiger partial charge in [-0.15, -0.1) is 0 Å². The minimum Gasteiger partial charge on any atom is -0.482 e. The summed E-state index contributed by atoms with van der Waals surface area (Å²) >= 11 is 0. The van der Waals surface area contributed by atoms with Gasteiger partial charge in [-0.3, -0.25) is 0 Å². The van der Waals surface area contributed by atoms with E-state index >= 15 is 0 Å². The summed E-state index contributed by atoms with van der Waals surface area (Å²) in [5.41, 5.74) is 1.21. The molecular formula is C18H22O. The van der Waals surface area contributed by atoms with Crippen molar-refractivity contribution in [2.24, 2.45) is 0 Å². The Labute approximate surface area is 116 Å². The van der Waals surface area contributed by atoms with Crippen LogP contribution in [0, 0.1) is 11.8 Å². The smallest absolute Gasteiger partial charge is 0.158 e. The average molecular weight is 254 g/mol. The maximum absolute atomic E-state index is 5.96. The van der Waals surface area contributed by atoms with E-state index in [0.717, 1.165) is 25.0 Å². The zero-order valence-corrected chi connectivity index (χ0v) is 11.7. The van der Waals surface area contributed by atoms with Gasteiger partial charge in [-0.2, -0.15) is 0 Å². The molecule has 0 radical (unpaired) electrons. The molecule has 1 aliphatic rings. The Hall–Kier alpha value is -1.68. The van der Waals surface area contributed by atoms with Gasteiger partial charge in [0, 0.05) is 12.8 Å². The van der Waals surface area contributed by atoms with Crippen LogP contribution in [0.15, 0.2) is 36.1 Å². The Morgan fingerprint density at radius 2 is 2.16 bits per heavy atom. The fraction of sp³-hybridized carbons (Fsp3) is 0.444. The summed E-state index contributed by atoms with van der Waals surface area (Å²) in [5.74, 6) is 7.57. The Bertz CT molecular complexity index is 461. The minimum absolute atomic E-state index is 0.0977. The summed E-state index contributed by atoms with van der Waals surface area (Å²) in [6.45, 7) is 2.19. The first-order valence-electron chi connectivity index (χ1n) is 7.29. The van der Waals surface area contributed by atoms with E-state index in [1.807, 2.05) is 6.07 Å². The standard InChI is InChI=1S/C18H22O/c1-2-3-4-8-12-17-13-9-14-18(19-17)15-16-10-6-5-7-11-16/h5-7,10-11,15,17H,2-4,9,13-14H2,1H3/b18-15+. The minimum atomic E-state index is 0.0977. The predicted molar refractivity (Wildman–Crippen MR) is 80.4 cm³/mol. The van der Waals surface area contributed by atoms with Gasteiger partial charge in [0.2, 0.25) is 0 Å². The maximum atomic E-state index is 5.96. The summed E-state index contributed by atoms with van der Waals surface area (Å²) in [6, 6.07) is 10.3. The van der Waals surface area contributed by atoms with Crippen molar-refractivity contribution in [2.45, 2.75) is 51.6 Å². The summed E-state index contributed by atoms with van der Waals surface area (Å²) in [5, 5.41) is 0. The van der Waals surface area contributed by atoms with E-state index < -0.39 is 0 Å². The van der Waals surface area contributed by atoms with Crippen molar-refractivity contribution in [3.63, 3.8) is 0 Å². The van der Waals surface area contributed by atoms with Crippen LogP contribution in [0.25, 0.3) is 6.08 Å². The van der Waals surface area contributed by atoms with Crippen molar-refractivity contribution in [2.75, 3.05) is 0 Å². The van der Waals surface area contributed by atoms with Gasteiger partial charge in [-0.25, -0.2) is 0 Å². The molecule has 0 N–H and O–H groups in total. The number of ether oxygens (including phenoxy) is 1. The van der Waals surface area contributed by atoms with E-state index in [-0.39, 0.29) is 6.10 Å². The molecule has 1 atom stereocenters. The Balaban J connectivity index is 1.93. The van der Waals surface area contributed by atoms with Crippen molar-refractivity contribution < 1.29 is 4.74 Å². The predicted octanol–water partition coefficient (Wildman–Crippen LogP) is 4.79. The van der Waals surface area contributed by atoms with Crippen LogP contribution in [0.4, 0.5) is 0 Å². The van der Waals surface area contributed by atoms with Crippen LogP contribution in [0.5, 0.6) is 0 Å². The molecule has 0 aromatic heterocycles. The lowest BCUT2D eigenvalue weighted by atomic mass is 10.1. The normalized spacial score (nSPS) is 20.5. The Morgan fingerprint density at radius 3 is 2.95 bits per heavy atom. The molecule has 0 amide bonds. The second-order valence-electron chi connectivity index (χ2n) is 4.94. The van der Waals surface area contributed by atoms with E-state index in [0.29, 0.717) is 0 Å². The summed E-state index contributed by atoms with van der Waals surface area (Å²) in [6.07, 6.45) is 8.89. The fourth-order valence-electron chi connectivity index (χ4n) is 2.16. The molecule has 1 unspecified atom stereocenters. The quantitative estimate of drug-likeness (QED) is 0.556. The molecule has 1 fully saturated rings. The van der Waals surface area contributed by atoms with Gasteiger partial charge in [-0.05, 0) is 30.9 Å². The number of allylic oxidation sites excluding steroid dienone is 1. The highest BCUT2D eigenvalue weighted by molar-refractivity contribution is 5.51. The summed E-state index contributed by atoms with van der Waals surface area (Å²) in [4.78, 5) is 0. The van der Waals surface area contributed by atoms with Crippen LogP contribution in [0.3, 0.4) is 0 Å². The van der Waals surface area contributed by atoms with E-state index in [1.54, 1.807) is 0 Å². The first-order chi connectivity index (χ1) is 9.38. The molecule has 1 saturated heterocycles. The topological polar surface area (TPSA) is 9.23 Å². The zero-order chi connectivity index (χ0) is 13.3.